The van der Waals surface area contributed by atoms with Gasteiger partial charge in [-0.3, -0.25) is 5.01 Å². The maximum absolute atomic E-state index is 12.5. The van der Waals surface area contributed by atoms with E-state index in [0.717, 1.165) is 11.4 Å². The summed E-state index contributed by atoms with van der Waals surface area (Å²) in [6.07, 6.45) is 0. The molecule has 0 unspecified atom stereocenters. The Morgan fingerprint density at radius 3 is 1.96 bits per heavy atom. The van der Waals surface area contributed by atoms with Crippen LogP contribution in [0.1, 0.15) is 10.4 Å². The summed E-state index contributed by atoms with van der Waals surface area (Å²) in [6.45, 7) is 0. The number of hydrogen-bond donors (Lipinski definition) is 2. The largest absolute Gasteiger partial charge is 0.465 e. The third kappa shape index (κ3) is 4.64. The van der Waals surface area contributed by atoms with Crippen molar-refractivity contribution in [3.63, 3.8) is 0 Å². The zero-order chi connectivity index (χ0) is 19.1. The molecular formula is C21H19N3O3. The molecular weight excluding hydrogens is 342 g/mol. The van der Waals surface area contributed by atoms with Gasteiger partial charge in [0.1, 0.15) is 0 Å². The third-order valence-corrected chi connectivity index (χ3v) is 3.78. The Labute approximate surface area is 157 Å². The first kappa shape index (κ1) is 18.0. The van der Waals surface area contributed by atoms with Gasteiger partial charge in [-0.1, -0.05) is 42.5 Å². The van der Waals surface area contributed by atoms with Crippen LogP contribution < -0.4 is 15.8 Å². The third-order valence-electron chi connectivity index (χ3n) is 3.78. The minimum absolute atomic E-state index is 0.360. The van der Waals surface area contributed by atoms with Crippen molar-refractivity contribution in [3.05, 3.63) is 90.5 Å². The van der Waals surface area contributed by atoms with Gasteiger partial charge in [0.25, 0.3) is 0 Å². The highest BCUT2D eigenvalue weighted by molar-refractivity contribution is 5.94. The van der Waals surface area contributed by atoms with Crippen molar-refractivity contribution in [1.82, 2.24) is 5.43 Å². The molecule has 0 saturated carbocycles. The van der Waals surface area contributed by atoms with Gasteiger partial charge in [0.15, 0.2) is 0 Å². The van der Waals surface area contributed by atoms with Gasteiger partial charge < -0.3 is 10.1 Å². The highest BCUT2D eigenvalue weighted by atomic mass is 16.5. The number of carbonyl (C=O) groups is 2. The molecule has 0 bridgehead atoms. The first-order chi connectivity index (χ1) is 13.2. The number of rotatable bonds is 5. The second-order valence-corrected chi connectivity index (χ2v) is 5.64. The van der Waals surface area contributed by atoms with E-state index in [1.807, 2.05) is 60.7 Å². The summed E-state index contributed by atoms with van der Waals surface area (Å²) in [5.74, 6) is -0.464. The predicted molar refractivity (Wildman–Crippen MR) is 105 cm³/mol. The maximum atomic E-state index is 12.5. The summed E-state index contributed by atoms with van der Waals surface area (Å²) in [4.78, 5) is 24.2. The van der Waals surface area contributed by atoms with E-state index in [4.69, 9.17) is 4.74 Å². The summed E-state index contributed by atoms with van der Waals surface area (Å²) < 4.78 is 4.70. The van der Waals surface area contributed by atoms with Gasteiger partial charge in [0.2, 0.25) is 0 Å². The Kier molecular flexibility index (Phi) is 5.69. The number of hydrazine groups is 1. The number of benzene rings is 3. The molecule has 6 nitrogen and oxygen atoms in total. The van der Waals surface area contributed by atoms with Gasteiger partial charge in [-0.15, -0.1) is 0 Å². The number of esters is 1. The van der Waals surface area contributed by atoms with Crippen LogP contribution in [0.5, 0.6) is 0 Å². The van der Waals surface area contributed by atoms with Gasteiger partial charge >= 0.3 is 12.0 Å². The van der Waals surface area contributed by atoms with Gasteiger partial charge in [0.05, 0.1) is 24.0 Å². The van der Waals surface area contributed by atoms with Crippen molar-refractivity contribution in [2.75, 3.05) is 17.4 Å². The quantitative estimate of drug-likeness (QED) is 0.524. The fraction of sp³-hybridized carbons (Fsp3) is 0.0476. The number of amides is 2. The molecule has 3 aromatic carbocycles. The van der Waals surface area contributed by atoms with E-state index in [0.29, 0.717) is 11.3 Å². The average molecular weight is 361 g/mol. The minimum atomic E-state index is -0.464. The molecule has 0 aliphatic heterocycles. The molecule has 2 N–H and O–H groups in total. The van der Waals surface area contributed by atoms with Gasteiger partial charge in [-0.25, -0.2) is 15.0 Å². The SMILES string of the molecule is COC(=O)c1cccc(NC(=O)NN(c2ccccc2)c2ccccc2)c1. The van der Waals surface area contributed by atoms with Crippen LogP contribution in [-0.2, 0) is 4.74 Å². The van der Waals surface area contributed by atoms with E-state index in [2.05, 4.69) is 10.7 Å². The van der Waals surface area contributed by atoms with Crippen LogP contribution in [0.3, 0.4) is 0 Å². The molecule has 6 heteroatoms. The number of anilines is 3. The van der Waals surface area contributed by atoms with E-state index < -0.39 is 12.0 Å². The molecule has 0 atom stereocenters. The van der Waals surface area contributed by atoms with Gasteiger partial charge in [-0.2, -0.15) is 0 Å². The number of carbonyl (C=O) groups excluding carboxylic acids is 2. The number of hydrogen-bond acceptors (Lipinski definition) is 4. The molecule has 0 aromatic heterocycles. The lowest BCUT2D eigenvalue weighted by Gasteiger charge is -2.25. The van der Waals surface area contributed by atoms with Gasteiger partial charge in [0, 0.05) is 5.69 Å². The highest BCUT2D eigenvalue weighted by Crippen LogP contribution is 2.22. The number of methoxy groups -OCH3 is 1. The maximum Gasteiger partial charge on any atom is 0.338 e. The Balaban J connectivity index is 1.78. The zero-order valence-electron chi connectivity index (χ0n) is 14.8. The van der Waals surface area contributed by atoms with Crippen LogP contribution in [0.15, 0.2) is 84.9 Å². The summed E-state index contributed by atoms with van der Waals surface area (Å²) in [5.41, 5.74) is 5.29. The molecule has 0 aliphatic rings. The minimum Gasteiger partial charge on any atom is -0.465 e. The Morgan fingerprint density at radius 1 is 0.815 bits per heavy atom. The smallest absolute Gasteiger partial charge is 0.338 e. The van der Waals surface area contributed by atoms with Crippen molar-refractivity contribution in [2.24, 2.45) is 0 Å². The lowest BCUT2D eigenvalue weighted by Crippen LogP contribution is -2.41. The number of para-hydroxylation sites is 2. The molecule has 0 aliphatic carbocycles. The number of urea groups is 1. The van der Waals surface area contributed by atoms with Crippen LogP contribution in [-0.4, -0.2) is 19.1 Å². The van der Waals surface area contributed by atoms with Crippen molar-refractivity contribution < 1.29 is 14.3 Å². The van der Waals surface area contributed by atoms with Crippen LogP contribution in [0, 0.1) is 0 Å². The van der Waals surface area contributed by atoms with E-state index in [9.17, 15) is 9.59 Å². The van der Waals surface area contributed by atoms with E-state index >= 15 is 0 Å². The summed E-state index contributed by atoms with van der Waals surface area (Å²) in [5, 5.41) is 4.41. The topological polar surface area (TPSA) is 70.7 Å². The highest BCUT2D eigenvalue weighted by Gasteiger charge is 2.13. The molecule has 2 amide bonds. The number of nitrogens with zero attached hydrogens (tertiary/aromatic N) is 1. The molecule has 3 aromatic rings. The standard InChI is InChI=1S/C21H19N3O3/c1-27-20(25)16-9-8-10-17(15-16)22-21(26)23-24(18-11-4-2-5-12-18)19-13-6-3-7-14-19/h2-15H,1H3,(H2,22,23,26). The lowest BCUT2D eigenvalue weighted by atomic mass is 10.2. The summed E-state index contributed by atoms with van der Waals surface area (Å²) in [7, 11) is 1.31. The fourth-order valence-electron chi connectivity index (χ4n) is 2.53. The Hall–Kier alpha value is -3.80. The van der Waals surface area contributed by atoms with Crippen molar-refractivity contribution in [3.8, 4) is 0 Å². The first-order valence-corrected chi connectivity index (χ1v) is 8.33. The lowest BCUT2D eigenvalue weighted by molar-refractivity contribution is 0.0600. The van der Waals surface area contributed by atoms with Crippen molar-refractivity contribution in [1.29, 1.82) is 0 Å². The van der Waals surface area contributed by atoms with Crippen molar-refractivity contribution in [2.45, 2.75) is 0 Å². The first-order valence-electron chi connectivity index (χ1n) is 8.33. The molecule has 0 spiro atoms. The molecule has 0 radical (unpaired) electrons. The molecule has 0 fully saturated rings. The molecule has 0 saturated heterocycles. The normalized spacial score (nSPS) is 9.96. The van der Waals surface area contributed by atoms with E-state index in [-0.39, 0.29) is 0 Å². The monoisotopic (exact) mass is 361 g/mol. The van der Waals surface area contributed by atoms with Gasteiger partial charge in [-0.05, 0) is 42.5 Å². The summed E-state index contributed by atoms with van der Waals surface area (Å²) in [6, 6.07) is 25.1. The van der Waals surface area contributed by atoms with Crippen LogP contribution in [0.25, 0.3) is 0 Å². The molecule has 136 valence electrons. The molecule has 3 rings (SSSR count). The number of ether oxygens (including phenoxy) is 1. The fourth-order valence-corrected chi connectivity index (χ4v) is 2.53. The van der Waals surface area contributed by atoms with Crippen molar-refractivity contribution >= 4 is 29.1 Å². The van der Waals surface area contributed by atoms with Crippen LogP contribution in [0.2, 0.25) is 0 Å². The second-order valence-electron chi connectivity index (χ2n) is 5.64. The average Bonchev–Trinajstić information content (AvgIpc) is 2.73. The number of nitrogens with one attached hydrogen (secondary N) is 2. The van der Waals surface area contributed by atoms with E-state index in [1.165, 1.54) is 7.11 Å². The second kappa shape index (κ2) is 8.53. The predicted octanol–water partition coefficient (Wildman–Crippen LogP) is 4.35. The Morgan fingerprint density at radius 2 is 1.41 bits per heavy atom. The van der Waals surface area contributed by atoms with Crippen LogP contribution in [0.4, 0.5) is 21.9 Å². The van der Waals surface area contributed by atoms with E-state index in [1.54, 1.807) is 29.3 Å². The molecule has 0 heterocycles. The Bertz CT molecular complexity index is 875. The molecule has 27 heavy (non-hydrogen) atoms. The summed E-state index contributed by atoms with van der Waals surface area (Å²) >= 11 is 0. The zero-order valence-corrected chi connectivity index (χ0v) is 14.8. The van der Waals surface area contributed by atoms with Crippen LogP contribution >= 0.6 is 0 Å².